The van der Waals surface area contributed by atoms with Crippen LogP contribution < -0.4 is 0 Å². The van der Waals surface area contributed by atoms with Crippen LogP contribution in [-0.2, 0) is 0 Å². The Morgan fingerprint density at radius 1 is 0.684 bits per heavy atom. The molecule has 0 heterocycles. The second kappa shape index (κ2) is 4.51. The summed E-state index contributed by atoms with van der Waals surface area (Å²) in [6.45, 7) is 4.24. The van der Waals surface area contributed by atoms with Gasteiger partial charge in [-0.25, -0.2) is 4.39 Å². The molecule has 1 heteroatoms. The largest absolute Gasteiger partial charge is 0.207 e. The number of fused-ring (bicyclic) bond motifs is 1. The summed E-state index contributed by atoms with van der Waals surface area (Å²) >= 11 is 0. The Hall–Kier alpha value is -2.15. The fraction of sp³-hybridized carbons (Fsp3) is 0.111. The van der Waals surface area contributed by atoms with Crippen molar-refractivity contribution in [1.29, 1.82) is 0 Å². The maximum absolute atomic E-state index is 13.0. The van der Waals surface area contributed by atoms with E-state index < -0.39 is 0 Å². The summed E-state index contributed by atoms with van der Waals surface area (Å²) in [4.78, 5) is 0. The Labute approximate surface area is 112 Å². The highest BCUT2D eigenvalue weighted by Crippen LogP contribution is 2.32. The van der Waals surface area contributed by atoms with Gasteiger partial charge in [-0.05, 0) is 59.4 Å². The smallest absolute Gasteiger partial charge is 0.123 e. The van der Waals surface area contributed by atoms with Crippen LogP contribution in [0.1, 0.15) is 11.1 Å². The first-order valence-corrected chi connectivity index (χ1v) is 6.41. The van der Waals surface area contributed by atoms with Gasteiger partial charge in [0.05, 0.1) is 0 Å². The molecule has 0 unspecified atom stereocenters. The van der Waals surface area contributed by atoms with E-state index in [0.717, 1.165) is 11.1 Å². The predicted octanol–water partition coefficient (Wildman–Crippen LogP) is 5.21. The number of hydrogen-bond acceptors (Lipinski definition) is 0. The van der Waals surface area contributed by atoms with Gasteiger partial charge in [-0.15, -0.1) is 0 Å². The Balaban J connectivity index is 2.25. The molecule has 1 aromatic carbocycles. The number of aryl methyl sites for hydroxylation is 2. The van der Waals surface area contributed by atoms with Crippen molar-refractivity contribution in [3.63, 3.8) is 0 Å². The van der Waals surface area contributed by atoms with Gasteiger partial charge in [0.25, 0.3) is 0 Å². The van der Waals surface area contributed by atoms with Gasteiger partial charge >= 0.3 is 0 Å². The lowest BCUT2D eigenvalue weighted by Crippen LogP contribution is -1.78. The molecule has 0 radical (unpaired) electrons. The summed E-state index contributed by atoms with van der Waals surface area (Å²) in [5.41, 5.74) is 7.23. The zero-order valence-corrected chi connectivity index (χ0v) is 11.1. The maximum atomic E-state index is 13.0. The fourth-order valence-electron chi connectivity index (χ4n) is 2.58. The Kier molecular flexibility index (Phi) is 2.83. The van der Waals surface area contributed by atoms with Crippen molar-refractivity contribution in [3.05, 3.63) is 71.5 Å². The summed E-state index contributed by atoms with van der Waals surface area (Å²) in [5.74, 6) is -0.198. The van der Waals surface area contributed by atoms with Crippen molar-refractivity contribution in [3.8, 4) is 22.3 Å². The standard InChI is InChI=1S/C18H15F/c1-12-10-15(14-6-8-16(19)9-7-14)11-13(2)18-5-3-4-17(12)18/h3-11H,1-2H3. The van der Waals surface area contributed by atoms with Crippen molar-refractivity contribution in [2.45, 2.75) is 13.8 Å². The summed E-state index contributed by atoms with van der Waals surface area (Å²) in [5, 5.41) is 0. The second-order valence-electron chi connectivity index (χ2n) is 4.97. The van der Waals surface area contributed by atoms with Crippen LogP contribution in [0.4, 0.5) is 4.39 Å². The molecule has 2 aliphatic rings. The molecule has 0 nitrogen and oxygen atoms in total. The van der Waals surface area contributed by atoms with Crippen molar-refractivity contribution in [2.24, 2.45) is 0 Å². The molecule has 2 aliphatic carbocycles. The van der Waals surface area contributed by atoms with E-state index >= 15 is 0 Å². The second-order valence-corrected chi connectivity index (χ2v) is 4.97. The first-order chi connectivity index (χ1) is 9.15. The van der Waals surface area contributed by atoms with Gasteiger partial charge in [0.1, 0.15) is 5.82 Å². The summed E-state index contributed by atoms with van der Waals surface area (Å²) in [6, 6.07) is 17.4. The maximum Gasteiger partial charge on any atom is 0.123 e. The van der Waals surface area contributed by atoms with Crippen LogP contribution in [0.15, 0.2) is 54.6 Å². The van der Waals surface area contributed by atoms with Gasteiger partial charge < -0.3 is 0 Å². The van der Waals surface area contributed by atoms with E-state index in [1.165, 1.54) is 34.4 Å². The quantitative estimate of drug-likeness (QED) is 0.556. The van der Waals surface area contributed by atoms with Crippen molar-refractivity contribution in [1.82, 2.24) is 0 Å². The van der Waals surface area contributed by atoms with Gasteiger partial charge in [0.15, 0.2) is 0 Å². The molecule has 0 spiro atoms. The Morgan fingerprint density at radius 3 is 1.74 bits per heavy atom. The number of benzene rings is 1. The number of halogens is 1. The minimum atomic E-state index is -0.198. The van der Waals surface area contributed by atoms with E-state index in [1.807, 2.05) is 12.1 Å². The SMILES string of the molecule is Cc1cc(-c2ccc(F)cc2)cc(C)c2cccc1-2. The van der Waals surface area contributed by atoms with E-state index in [-0.39, 0.29) is 5.82 Å². The minimum absolute atomic E-state index is 0.198. The topological polar surface area (TPSA) is 0 Å². The highest BCUT2D eigenvalue weighted by molar-refractivity contribution is 5.77. The Bertz CT molecular complexity index is 659. The normalized spacial score (nSPS) is 10.9. The molecule has 94 valence electrons. The predicted molar refractivity (Wildman–Crippen MR) is 77.9 cm³/mol. The monoisotopic (exact) mass is 250 g/mol. The highest BCUT2D eigenvalue weighted by atomic mass is 19.1. The summed E-state index contributed by atoms with van der Waals surface area (Å²) < 4.78 is 13.0. The lowest BCUT2D eigenvalue weighted by Gasteiger charge is -2.00. The van der Waals surface area contributed by atoms with Crippen molar-refractivity contribution < 1.29 is 4.39 Å². The zero-order chi connectivity index (χ0) is 13.4. The average molecular weight is 250 g/mol. The molecule has 0 bridgehead atoms. The molecule has 0 aliphatic heterocycles. The van der Waals surface area contributed by atoms with Crippen LogP contribution in [0, 0.1) is 19.7 Å². The molecule has 0 fully saturated rings. The van der Waals surface area contributed by atoms with Crippen LogP contribution >= 0.6 is 0 Å². The molecule has 1 aromatic rings. The van der Waals surface area contributed by atoms with Gasteiger partial charge in [-0.1, -0.05) is 42.5 Å². The van der Waals surface area contributed by atoms with E-state index in [4.69, 9.17) is 0 Å². The van der Waals surface area contributed by atoms with E-state index in [2.05, 4.69) is 44.2 Å². The van der Waals surface area contributed by atoms with E-state index in [0.29, 0.717) is 0 Å². The Morgan fingerprint density at radius 2 is 1.21 bits per heavy atom. The average Bonchev–Trinajstić information content (AvgIpc) is 2.84. The molecule has 19 heavy (non-hydrogen) atoms. The first-order valence-electron chi connectivity index (χ1n) is 6.41. The lowest BCUT2D eigenvalue weighted by molar-refractivity contribution is 0.628. The molecule has 0 amide bonds. The fourth-order valence-corrected chi connectivity index (χ4v) is 2.58. The van der Waals surface area contributed by atoms with Crippen LogP contribution in [0.2, 0.25) is 0 Å². The van der Waals surface area contributed by atoms with Gasteiger partial charge in [-0.2, -0.15) is 0 Å². The van der Waals surface area contributed by atoms with Crippen LogP contribution in [0.25, 0.3) is 22.3 Å². The third-order valence-electron chi connectivity index (χ3n) is 3.59. The number of rotatable bonds is 1. The molecule has 3 rings (SSSR count). The highest BCUT2D eigenvalue weighted by Gasteiger charge is 2.09. The van der Waals surface area contributed by atoms with Crippen molar-refractivity contribution >= 4 is 0 Å². The minimum Gasteiger partial charge on any atom is -0.207 e. The van der Waals surface area contributed by atoms with Crippen LogP contribution in [-0.4, -0.2) is 0 Å². The zero-order valence-electron chi connectivity index (χ0n) is 11.1. The van der Waals surface area contributed by atoms with Gasteiger partial charge in [0, 0.05) is 0 Å². The first kappa shape index (κ1) is 11.9. The lowest BCUT2D eigenvalue weighted by atomic mass is 10.1. The molecular formula is C18H15F. The van der Waals surface area contributed by atoms with Crippen LogP contribution in [0.5, 0.6) is 0 Å². The molecule has 0 saturated heterocycles. The van der Waals surface area contributed by atoms with E-state index in [1.54, 1.807) is 0 Å². The molecule has 0 N–H and O–H groups in total. The third-order valence-corrected chi connectivity index (χ3v) is 3.59. The summed E-state index contributed by atoms with van der Waals surface area (Å²) in [7, 11) is 0. The van der Waals surface area contributed by atoms with E-state index in [9.17, 15) is 4.39 Å². The molecular weight excluding hydrogens is 235 g/mol. The number of hydrogen-bond donors (Lipinski definition) is 0. The molecule has 0 atom stereocenters. The molecule has 0 saturated carbocycles. The van der Waals surface area contributed by atoms with Crippen molar-refractivity contribution in [2.75, 3.05) is 0 Å². The molecule has 0 aromatic heterocycles. The van der Waals surface area contributed by atoms with Gasteiger partial charge in [0.2, 0.25) is 0 Å². The van der Waals surface area contributed by atoms with Crippen LogP contribution in [0.3, 0.4) is 0 Å². The summed E-state index contributed by atoms with van der Waals surface area (Å²) in [6.07, 6.45) is 0. The van der Waals surface area contributed by atoms with Gasteiger partial charge in [-0.3, -0.25) is 0 Å². The third kappa shape index (κ3) is 2.12.